The molecule has 1 aliphatic rings. The van der Waals surface area contributed by atoms with E-state index in [0.29, 0.717) is 19.4 Å². The Morgan fingerprint density at radius 1 is 1.25 bits per heavy atom. The number of carboxylic acid groups (broad SMARTS) is 1. The van der Waals surface area contributed by atoms with Crippen molar-refractivity contribution in [2.45, 2.75) is 64.1 Å². The molecular formula is C12H23NO3. The Bertz CT molecular complexity index is 268. The van der Waals surface area contributed by atoms with Crippen LogP contribution in [0.5, 0.6) is 0 Å². The van der Waals surface area contributed by atoms with Crippen LogP contribution in [0.25, 0.3) is 0 Å². The summed E-state index contributed by atoms with van der Waals surface area (Å²) >= 11 is 0. The summed E-state index contributed by atoms with van der Waals surface area (Å²) in [7, 11) is 0. The summed E-state index contributed by atoms with van der Waals surface area (Å²) in [5, 5.41) is 12.9. The van der Waals surface area contributed by atoms with Crippen LogP contribution < -0.4 is 5.32 Å². The van der Waals surface area contributed by atoms with Gasteiger partial charge < -0.3 is 15.2 Å². The number of aliphatic carboxylic acids is 1. The van der Waals surface area contributed by atoms with E-state index in [0.717, 1.165) is 0 Å². The fourth-order valence-corrected chi connectivity index (χ4v) is 3.09. The van der Waals surface area contributed by atoms with Crippen molar-refractivity contribution < 1.29 is 14.6 Å². The van der Waals surface area contributed by atoms with Crippen molar-refractivity contribution in [2.75, 3.05) is 6.61 Å². The summed E-state index contributed by atoms with van der Waals surface area (Å²) in [6, 6.07) is 0. The van der Waals surface area contributed by atoms with E-state index in [1.54, 1.807) is 0 Å². The number of carbonyl (C=O) groups is 1. The normalized spacial score (nSPS) is 26.3. The second-order valence-electron chi connectivity index (χ2n) is 5.98. The van der Waals surface area contributed by atoms with Crippen LogP contribution in [-0.2, 0) is 9.53 Å². The Labute approximate surface area is 97.4 Å². The summed E-state index contributed by atoms with van der Waals surface area (Å²) in [6.45, 7) is 10.3. The van der Waals surface area contributed by atoms with E-state index >= 15 is 0 Å². The molecule has 4 nitrogen and oxygen atoms in total. The maximum atomic E-state index is 11.5. The highest BCUT2D eigenvalue weighted by Gasteiger charge is 2.52. The Kier molecular flexibility index (Phi) is 3.37. The molecular weight excluding hydrogens is 206 g/mol. The average Bonchev–Trinajstić information content (AvgIpc) is 1.97. The van der Waals surface area contributed by atoms with Crippen LogP contribution in [0, 0.1) is 0 Å². The Morgan fingerprint density at radius 2 is 1.69 bits per heavy atom. The van der Waals surface area contributed by atoms with Crippen LogP contribution in [0.4, 0.5) is 0 Å². The molecule has 1 aliphatic heterocycles. The van der Waals surface area contributed by atoms with E-state index in [1.807, 2.05) is 34.6 Å². The minimum Gasteiger partial charge on any atom is -0.479 e. The van der Waals surface area contributed by atoms with Gasteiger partial charge in [0.05, 0.1) is 0 Å². The molecule has 0 atom stereocenters. The molecule has 1 heterocycles. The molecule has 2 N–H and O–H groups in total. The molecule has 0 spiro atoms. The average molecular weight is 229 g/mol. The molecule has 4 heteroatoms. The fourth-order valence-electron chi connectivity index (χ4n) is 3.09. The second kappa shape index (κ2) is 4.00. The topological polar surface area (TPSA) is 58.6 Å². The number of rotatable bonds is 3. The van der Waals surface area contributed by atoms with Crippen molar-refractivity contribution in [2.24, 2.45) is 0 Å². The van der Waals surface area contributed by atoms with Crippen LogP contribution in [0.3, 0.4) is 0 Å². The second-order valence-corrected chi connectivity index (χ2v) is 5.98. The molecule has 0 aliphatic carbocycles. The van der Waals surface area contributed by atoms with Gasteiger partial charge in [-0.1, -0.05) is 0 Å². The predicted molar refractivity (Wildman–Crippen MR) is 62.5 cm³/mol. The maximum Gasteiger partial charge on any atom is 0.336 e. The standard InChI is InChI=1S/C12H23NO3/c1-6-16-12(9(14)15)7-10(2,3)13-11(4,5)8-12/h13H,6-8H2,1-5H3,(H,14,15). The smallest absolute Gasteiger partial charge is 0.336 e. The van der Waals surface area contributed by atoms with E-state index in [4.69, 9.17) is 4.74 Å². The number of hydrogen-bond donors (Lipinski definition) is 2. The highest BCUT2D eigenvalue weighted by molar-refractivity contribution is 5.78. The van der Waals surface area contributed by atoms with Gasteiger partial charge in [-0.3, -0.25) is 0 Å². The molecule has 0 amide bonds. The summed E-state index contributed by atoms with van der Waals surface area (Å²) < 4.78 is 5.56. The first-order valence-corrected chi connectivity index (χ1v) is 5.79. The number of nitrogens with one attached hydrogen (secondary N) is 1. The van der Waals surface area contributed by atoms with Crippen molar-refractivity contribution in [1.29, 1.82) is 0 Å². The zero-order valence-corrected chi connectivity index (χ0v) is 10.9. The van der Waals surface area contributed by atoms with Crippen LogP contribution in [-0.4, -0.2) is 34.4 Å². The van der Waals surface area contributed by atoms with Gasteiger partial charge in [0, 0.05) is 30.5 Å². The lowest BCUT2D eigenvalue weighted by atomic mass is 9.73. The molecule has 0 aromatic heterocycles. The quantitative estimate of drug-likeness (QED) is 0.774. The van der Waals surface area contributed by atoms with Crippen molar-refractivity contribution in [3.63, 3.8) is 0 Å². The lowest BCUT2D eigenvalue weighted by Gasteiger charge is -2.50. The van der Waals surface area contributed by atoms with E-state index in [1.165, 1.54) is 0 Å². The Balaban J connectivity index is 3.05. The summed E-state index contributed by atoms with van der Waals surface area (Å²) in [6.07, 6.45) is 0.985. The molecule has 0 aromatic rings. The van der Waals surface area contributed by atoms with Gasteiger partial charge in [0.15, 0.2) is 5.60 Å². The molecule has 94 valence electrons. The molecule has 16 heavy (non-hydrogen) atoms. The number of ether oxygens (including phenoxy) is 1. The zero-order valence-electron chi connectivity index (χ0n) is 10.9. The van der Waals surface area contributed by atoms with Crippen molar-refractivity contribution in [1.82, 2.24) is 5.32 Å². The molecule has 1 saturated heterocycles. The Morgan fingerprint density at radius 3 is 2.00 bits per heavy atom. The van der Waals surface area contributed by atoms with Crippen molar-refractivity contribution in [3.8, 4) is 0 Å². The van der Waals surface area contributed by atoms with Gasteiger partial charge in [-0.2, -0.15) is 0 Å². The SMILES string of the molecule is CCOC1(C(=O)O)CC(C)(C)NC(C)(C)C1. The van der Waals surface area contributed by atoms with E-state index < -0.39 is 11.6 Å². The third kappa shape index (κ3) is 2.74. The molecule has 1 fully saturated rings. The molecule has 0 unspecified atom stereocenters. The van der Waals surface area contributed by atoms with Crippen LogP contribution in [0.2, 0.25) is 0 Å². The van der Waals surface area contributed by atoms with Gasteiger partial charge in [-0.05, 0) is 34.6 Å². The monoisotopic (exact) mass is 229 g/mol. The van der Waals surface area contributed by atoms with Crippen LogP contribution >= 0.6 is 0 Å². The van der Waals surface area contributed by atoms with E-state index in [-0.39, 0.29) is 11.1 Å². The number of piperidine rings is 1. The molecule has 0 saturated carbocycles. The molecule has 1 rings (SSSR count). The minimum absolute atomic E-state index is 0.227. The number of hydrogen-bond acceptors (Lipinski definition) is 3. The first-order chi connectivity index (χ1) is 7.13. The van der Waals surface area contributed by atoms with Gasteiger partial charge in [0.25, 0.3) is 0 Å². The highest BCUT2D eigenvalue weighted by Crippen LogP contribution is 2.38. The molecule has 0 aromatic carbocycles. The van der Waals surface area contributed by atoms with Crippen LogP contribution in [0.15, 0.2) is 0 Å². The van der Waals surface area contributed by atoms with E-state index in [9.17, 15) is 9.90 Å². The van der Waals surface area contributed by atoms with Gasteiger partial charge in [0.1, 0.15) is 0 Å². The largest absolute Gasteiger partial charge is 0.479 e. The summed E-state index contributed by atoms with van der Waals surface area (Å²) in [4.78, 5) is 11.5. The fraction of sp³-hybridized carbons (Fsp3) is 0.917. The summed E-state index contributed by atoms with van der Waals surface area (Å²) in [5.74, 6) is -0.850. The third-order valence-electron chi connectivity index (χ3n) is 2.94. The maximum absolute atomic E-state index is 11.5. The van der Waals surface area contributed by atoms with Gasteiger partial charge >= 0.3 is 5.97 Å². The minimum atomic E-state index is -1.05. The van der Waals surface area contributed by atoms with Gasteiger partial charge in [0.2, 0.25) is 0 Å². The molecule has 0 bridgehead atoms. The lowest BCUT2D eigenvalue weighted by molar-refractivity contribution is -0.178. The number of carboxylic acids is 1. The van der Waals surface area contributed by atoms with Crippen molar-refractivity contribution in [3.05, 3.63) is 0 Å². The highest BCUT2D eigenvalue weighted by atomic mass is 16.5. The zero-order chi connectivity index (χ0) is 12.6. The first-order valence-electron chi connectivity index (χ1n) is 5.79. The van der Waals surface area contributed by atoms with Crippen molar-refractivity contribution >= 4 is 5.97 Å². The Hall–Kier alpha value is -0.610. The first kappa shape index (κ1) is 13.5. The van der Waals surface area contributed by atoms with Gasteiger partial charge in [-0.15, -0.1) is 0 Å². The lowest BCUT2D eigenvalue weighted by Crippen LogP contribution is -2.66. The predicted octanol–water partition coefficient (Wildman–Crippen LogP) is 1.79. The summed E-state index contributed by atoms with van der Waals surface area (Å²) in [5.41, 5.74) is -1.50. The van der Waals surface area contributed by atoms with Crippen LogP contribution in [0.1, 0.15) is 47.5 Å². The van der Waals surface area contributed by atoms with Gasteiger partial charge in [-0.25, -0.2) is 4.79 Å². The van der Waals surface area contributed by atoms with E-state index in [2.05, 4.69) is 5.32 Å². The third-order valence-corrected chi connectivity index (χ3v) is 2.94. The molecule has 0 radical (unpaired) electrons.